The summed E-state index contributed by atoms with van der Waals surface area (Å²) < 4.78 is 29.4. The van der Waals surface area contributed by atoms with Gasteiger partial charge in [0.15, 0.2) is 6.10 Å². The molecule has 3 aromatic rings. The van der Waals surface area contributed by atoms with Crippen molar-refractivity contribution in [3.05, 3.63) is 53.4 Å². The number of carbonyl (C=O) groups is 2. The van der Waals surface area contributed by atoms with Gasteiger partial charge in [-0.05, 0) is 29.7 Å². The van der Waals surface area contributed by atoms with Gasteiger partial charge in [0, 0.05) is 12.6 Å². The average molecular weight is 599 g/mol. The molecule has 42 heavy (non-hydrogen) atoms. The smallest absolute Gasteiger partial charge is 0.434 e. The van der Waals surface area contributed by atoms with Crippen LogP contribution in [0.5, 0.6) is 0 Å². The second kappa shape index (κ2) is 14.8. The number of nitrogens with two attached hydrogens (primary N) is 1. The number of nitrogens with zero attached hydrogens (tertiary/aromatic N) is 3. The van der Waals surface area contributed by atoms with Crippen LogP contribution in [0.15, 0.2) is 42.6 Å². The van der Waals surface area contributed by atoms with Gasteiger partial charge in [-0.25, -0.2) is 14.6 Å². The number of halogens is 1. The number of nitrogen functional groups attached to an aromatic ring is 1. The summed E-state index contributed by atoms with van der Waals surface area (Å²) >= 11 is 6.05. The lowest BCUT2D eigenvalue weighted by Gasteiger charge is -2.28. The first kappa shape index (κ1) is 30.9. The highest BCUT2D eigenvalue weighted by Gasteiger charge is 2.52. The maximum absolute atomic E-state index is 12.7. The van der Waals surface area contributed by atoms with Crippen molar-refractivity contribution in [1.29, 1.82) is 0 Å². The van der Waals surface area contributed by atoms with Crippen molar-refractivity contribution in [3.8, 4) is 12.3 Å². The fourth-order valence-corrected chi connectivity index (χ4v) is 4.89. The van der Waals surface area contributed by atoms with Gasteiger partial charge in [0.2, 0.25) is 10.9 Å². The molecule has 0 saturated carbocycles. The number of terminal acetylenes is 1. The van der Waals surface area contributed by atoms with Gasteiger partial charge < -0.3 is 34.0 Å². The zero-order chi connectivity index (χ0) is 30.0. The number of aromatic nitrogens is 3. The summed E-state index contributed by atoms with van der Waals surface area (Å²) in [6.07, 6.45) is 10.3. The van der Waals surface area contributed by atoms with Gasteiger partial charge >= 0.3 is 12.3 Å². The topological polar surface area (TPSA) is 137 Å². The third-order valence-electron chi connectivity index (χ3n) is 6.97. The quantitative estimate of drug-likeness (QED) is 0.105. The molecule has 0 amide bonds. The molecule has 3 heterocycles. The van der Waals surface area contributed by atoms with E-state index < -0.39 is 36.9 Å². The Morgan fingerprint density at radius 3 is 2.62 bits per heavy atom. The molecule has 1 aromatic carbocycles. The van der Waals surface area contributed by atoms with Crippen molar-refractivity contribution in [2.45, 2.75) is 76.4 Å². The van der Waals surface area contributed by atoms with Crippen LogP contribution in [0.2, 0.25) is 5.28 Å². The Morgan fingerprint density at radius 2 is 1.86 bits per heavy atom. The fraction of sp³-hybridized carbons (Fsp3) is 0.467. The Bertz CT molecular complexity index is 1390. The number of hydrogen-bond donors (Lipinski definition) is 1. The number of benzene rings is 1. The standard InChI is InChI=1S/C30H35ClN4O7/c1-3-5-6-7-8-12-17-38-29(37)41-23-18-24(35-16-15-22-25(32)33-27(31)34-26(22)35)42-30(23,4-2)20-40-28(36)39-19-21-13-10-9-11-14-21/h2,9-11,13-16,23-24H,3,5-8,12,17-20H2,1H3,(H2,32,33,34)/t23-,24+,30+/m0/s1. The van der Waals surface area contributed by atoms with Crippen LogP contribution in [0.3, 0.4) is 0 Å². The minimum Gasteiger partial charge on any atom is -0.434 e. The zero-order valence-electron chi connectivity index (χ0n) is 23.5. The van der Waals surface area contributed by atoms with Crippen LogP contribution in [0.1, 0.15) is 63.7 Å². The molecule has 0 spiro atoms. The Morgan fingerprint density at radius 1 is 1.10 bits per heavy atom. The minimum atomic E-state index is -1.64. The van der Waals surface area contributed by atoms with Crippen molar-refractivity contribution in [1.82, 2.24) is 14.5 Å². The van der Waals surface area contributed by atoms with Crippen molar-refractivity contribution in [2.75, 3.05) is 18.9 Å². The highest BCUT2D eigenvalue weighted by Crippen LogP contribution is 2.41. The number of carbonyl (C=O) groups excluding carboxylic acids is 2. The SMILES string of the molecule is C#C[C@]1(COC(=O)OCc2ccccc2)O[C@@H](n2ccc3c(N)nc(Cl)nc32)C[C@@H]1OC(=O)OCCCCCCCC. The van der Waals surface area contributed by atoms with Crippen LogP contribution >= 0.6 is 11.6 Å². The second-order valence-corrected chi connectivity index (χ2v) is 10.3. The second-order valence-electron chi connectivity index (χ2n) is 9.97. The lowest BCUT2D eigenvalue weighted by Crippen LogP contribution is -2.45. The Hall–Kier alpha value is -4.01. The van der Waals surface area contributed by atoms with Crippen LogP contribution in [0.4, 0.5) is 15.4 Å². The summed E-state index contributed by atoms with van der Waals surface area (Å²) in [4.78, 5) is 33.4. The van der Waals surface area contributed by atoms with E-state index in [0.717, 1.165) is 37.7 Å². The van der Waals surface area contributed by atoms with Gasteiger partial charge in [0.25, 0.3) is 0 Å². The Kier molecular flexibility index (Phi) is 10.9. The molecular weight excluding hydrogens is 564 g/mol. The molecule has 0 radical (unpaired) electrons. The van der Waals surface area contributed by atoms with Crippen LogP contribution in [0, 0.1) is 12.3 Å². The van der Waals surface area contributed by atoms with Gasteiger partial charge in [0.1, 0.15) is 30.9 Å². The first-order valence-electron chi connectivity index (χ1n) is 14.0. The van der Waals surface area contributed by atoms with Gasteiger partial charge in [-0.15, -0.1) is 6.42 Å². The van der Waals surface area contributed by atoms with E-state index in [4.69, 9.17) is 47.4 Å². The summed E-state index contributed by atoms with van der Waals surface area (Å²) in [6, 6.07) is 10.8. The summed E-state index contributed by atoms with van der Waals surface area (Å²) in [5.41, 5.74) is 5.55. The van der Waals surface area contributed by atoms with E-state index in [1.165, 1.54) is 6.42 Å². The van der Waals surface area contributed by atoms with Crippen molar-refractivity contribution < 1.29 is 33.3 Å². The van der Waals surface area contributed by atoms with Crippen LogP contribution in [-0.4, -0.2) is 51.8 Å². The molecule has 1 aliphatic rings. The number of ether oxygens (including phenoxy) is 5. The molecule has 1 fully saturated rings. The molecule has 2 aromatic heterocycles. The van der Waals surface area contributed by atoms with E-state index in [9.17, 15) is 9.59 Å². The number of unbranched alkanes of at least 4 members (excludes halogenated alkanes) is 5. The lowest BCUT2D eigenvalue weighted by molar-refractivity contribution is -0.105. The van der Waals surface area contributed by atoms with E-state index in [0.29, 0.717) is 11.0 Å². The van der Waals surface area contributed by atoms with Gasteiger partial charge in [-0.1, -0.05) is 75.3 Å². The average Bonchev–Trinajstić information content (AvgIpc) is 3.57. The van der Waals surface area contributed by atoms with E-state index in [1.807, 2.05) is 30.3 Å². The summed E-state index contributed by atoms with van der Waals surface area (Å²) in [5.74, 6) is 2.73. The minimum absolute atomic E-state index is 0.00809. The van der Waals surface area contributed by atoms with E-state index >= 15 is 0 Å². The van der Waals surface area contributed by atoms with Gasteiger partial charge in [0.05, 0.1) is 12.0 Å². The number of hydrogen-bond acceptors (Lipinski definition) is 10. The molecule has 12 heteroatoms. The first-order valence-corrected chi connectivity index (χ1v) is 14.3. The van der Waals surface area contributed by atoms with Crippen LogP contribution in [-0.2, 0) is 30.3 Å². The Labute approximate surface area is 249 Å². The predicted molar refractivity (Wildman–Crippen MR) is 155 cm³/mol. The summed E-state index contributed by atoms with van der Waals surface area (Å²) in [5, 5.41) is 0.509. The van der Waals surface area contributed by atoms with E-state index in [-0.39, 0.29) is 30.7 Å². The third kappa shape index (κ3) is 7.84. The number of fused-ring (bicyclic) bond motifs is 1. The zero-order valence-corrected chi connectivity index (χ0v) is 24.3. The van der Waals surface area contributed by atoms with Crippen LogP contribution < -0.4 is 5.73 Å². The lowest BCUT2D eigenvalue weighted by atomic mass is 9.98. The molecule has 1 aliphatic heterocycles. The number of anilines is 1. The predicted octanol–water partition coefficient (Wildman–Crippen LogP) is 6.19. The molecule has 0 aliphatic carbocycles. The fourth-order valence-electron chi connectivity index (χ4n) is 4.72. The summed E-state index contributed by atoms with van der Waals surface area (Å²) in [7, 11) is 0. The van der Waals surface area contributed by atoms with Crippen molar-refractivity contribution in [3.63, 3.8) is 0 Å². The van der Waals surface area contributed by atoms with Crippen LogP contribution in [0.25, 0.3) is 11.0 Å². The Balaban J connectivity index is 1.45. The molecular formula is C30H35ClN4O7. The van der Waals surface area contributed by atoms with E-state index in [2.05, 4.69) is 22.8 Å². The third-order valence-corrected chi connectivity index (χ3v) is 7.14. The van der Waals surface area contributed by atoms with E-state index in [1.54, 1.807) is 16.8 Å². The van der Waals surface area contributed by atoms with Gasteiger partial charge in [-0.2, -0.15) is 4.98 Å². The maximum Gasteiger partial charge on any atom is 0.508 e. The number of rotatable bonds is 13. The van der Waals surface area contributed by atoms with Crippen molar-refractivity contribution in [2.24, 2.45) is 0 Å². The molecule has 2 N–H and O–H groups in total. The maximum atomic E-state index is 12.7. The molecule has 224 valence electrons. The van der Waals surface area contributed by atoms with Gasteiger partial charge in [-0.3, -0.25) is 0 Å². The first-order chi connectivity index (χ1) is 20.3. The molecule has 0 bridgehead atoms. The largest absolute Gasteiger partial charge is 0.508 e. The monoisotopic (exact) mass is 598 g/mol. The highest BCUT2D eigenvalue weighted by atomic mass is 35.5. The molecule has 4 rings (SSSR count). The summed E-state index contributed by atoms with van der Waals surface area (Å²) in [6.45, 7) is 1.93. The molecule has 3 atom stereocenters. The highest BCUT2D eigenvalue weighted by molar-refractivity contribution is 6.28. The molecule has 0 unspecified atom stereocenters. The normalized spacial score (nSPS) is 19.7. The molecule has 1 saturated heterocycles. The van der Waals surface area contributed by atoms with Crippen molar-refractivity contribution >= 4 is 40.8 Å². The molecule has 11 nitrogen and oxygen atoms in total.